The van der Waals surface area contributed by atoms with E-state index in [2.05, 4.69) is 59.1 Å². The molecule has 1 N–H and O–H groups in total. The van der Waals surface area contributed by atoms with Gasteiger partial charge in [0.25, 0.3) is 0 Å². The van der Waals surface area contributed by atoms with Crippen LogP contribution in [0.25, 0.3) is 0 Å². The molecule has 102 valence electrons. The Balaban J connectivity index is 2.88. The molecule has 0 aromatic heterocycles. The zero-order valence-electron chi connectivity index (χ0n) is 12.9. The van der Waals surface area contributed by atoms with E-state index in [1.165, 1.54) is 35.1 Å². The Kier molecular flexibility index (Phi) is 5.87. The van der Waals surface area contributed by atoms with Gasteiger partial charge < -0.3 is 5.32 Å². The molecule has 0 saturated heterocycles. The minimum absolute atomic E-state index is 0.588. The highest BCUT2D eigenvalue weighted by Crippen LogP contribution is 2.21. The summed E-state index contributed by atoms with van der Waals surface area (Å²) in [5, 5.41) is 3.50. The van der Waals surface area contributed by atoms with Crippen molar-refractivity contribution in [1.82, 2.24) is 5.32 Å². The van der Waals surface area contributed by atoms with Gasteiger partial charge in [-0.1, -0.05) is 38.0 Å². The molecule has 18 heavy (non-hydrogen) atoms. The Morgan fingerprint density at radius 3 is 2.11 bits per heavy atom. The van der Waals surface area contributed by atoms with Crippen molar-refractivity contribution in [1.29, 1.82) is 0 Å². The highest BCUT2D eigenvalue weighted by Gasteiger charge is 2.17. The first-order valence-corrected chi connectivity index (χ1v) is 7.23. The predicted molar refractivity (Wildman–Crippen MR) is 81.3 cm³/mol. The Morgan fingerprint density at radius 1 is 1.11 bits per heavy atom. The van der Waals surface area contributed by atoms with Crippen molar-refractivity contribution in [3.05, 3.63) is 34.4 Å². The van der Waals surface area contributed by atoms with Crippen LogP contribution >= 0.6 is 0 Å². The van der Waals surface area contributed by atoms with Gasteiger partial charge in [-0.15, -0.1) is 0 Å². The summed E-state index contributed by atoms with van der Waals surface area (Å²) in [6.45, 7) is 11.3. The molecule has 0 aliphatic heterocycles. The quantitative estimate of drug-likeness (QED) is 0.795. The number of nitrogens with one attached hydrogen (secondary N) is 1. The van der Waals surface area contributed by atoms with Crippen molar-refractivity contribution in [2.45, 2.75) is 59.9 Å². The van der Waals surface area contributed by atoms with Gasteiger partial charge in [0.05, 0.1) is 0 Å². The summed E-state index contributed by atoms with van der Waals surface area (Å²) >= 11 is 0. The first-order chi connectivity index (χ1) is 8.49. The van der Waals surface area contributed by atoms with Crippen LogP contribution in [0.3, 0.4) is 0 Å². The van der Waals surface area contributed by atoms with Gasteiger partial charge in [0, 0.05) is 6.04 Å². The fourth-order valence-corrected chi connectivity index (χ4v) is 3.00. The largest absolute Gasteiger partial charge is 0.316 e. The van der Waals surface area contributed by atoms with Gasteiger partial charge in [-0.2, -0.15) is 0 Å². The van der Waals surface area contributed by atoms with Crippen molar-refractivity contribution in [2.75, 3.05) is 7.05 Å². The van der Waals surface area contributed by atoms with Crippen LogP contribution in [0.1, 0.15) is 48.9 Å². The lowest BCUT2D eigenvalue weighted by atomic mass is 9.88. The highest BCUT2D eigenvalue weighted by atomic mass is 14.9. The molecule has 1 aromatic carbocycles. The standard InChI is InChI=1S/C17H29N/c1-7-8-13(3)17(18-6)11-16-14(4)9-12(2)10-15(16)5/h9-10,13,17-18H,7-8,11H2,1-6H3. The van der Waals surface area contributed by atoms with Gasteiger partial charge in [0.2, 0.25) is 0 Å². The topological polar surface area (TPSA) is 12.0 Å². The predicted octanol–water partition coefficient (Wildman–Crippen LogP) is 4.18. The summed E-state index contributed by atoms with van der Waals surface area (Å²) < 4.78 is 0. The molecule has 1 aromatic rings. The van der Waals surface area contributed by atoms with Crippen molar-refractivity contribution in [3.8, 4) is 0 Å². The maximum atomic E-state index is 3.50. The molecule has 0 aliphatic carbocycles. The van der Waals surface area contributed by atoms with E-state index in [-0.39, 0.29) is 0 Å². The average Bonchev–Trinajstić information content (AvgIpc) is 2.28. The molecule has 0 radical (unpaired) electrons. The van der Waals surface area contributed by atoms with E-state index in [1.54, 1.807) is 0 Å². The lowest BCUT2D eigenvalue weighted by Crippen LogP contribution is -2.34. The molecule has 0 saturated carbocycles. The smallest absolute Gasteiger partial charge is 0.0130 e. The Hall–Kier alpha value is -0.820. The van der Waals surface area contributed by atoms with E-state index in [9.17, 15) is 0 Å². The SMILES string of the molecule is CCCC(C)C(Cc1c(C)cc(C)cc1C)NC. The third-order valence-electron chi connectivity index (χ3n) is 4.07. The van der Waals surface area contributed by atoms with Gasteiger partial charge in [-0.3, -0.25) is 0 Å². The van der Waals surface area contributed by atoms with E-state index in [1.807, 2.05) is 0 Å². The molecular weight excluding hydrogens is 218 g/mol. The van der Waals surface area contributed by atoms with Crippen molar-refractivity contribution in [2.24, 2.45) is 5.92 Å². The van der Waals surface area contributed by atoms with E-state index in [4.69, 9.17) is 0 Å². The average molecular weight is 247 g/mol. The molecule has 0 fully saturated rings. The molecular formula is C17H29N. The van der Waals surface area contributed by atoms with Crippen LogP contribution in [0, 0.1) is 26.7 Å². The lowest BCUT2D eigenvalue weighted by Gasteiger charge is -2.25. The zero-order chi connectivity index (χ0) is 13.7. The molecule has 1 nitrogen and oxygen atoms in total. The molecule has 2 unspecified atom stereocenters. The third kappa shape index (κ3) is 3.84. The van der Waals surface area contributed by atoms with Crippen molar-refractivity contribution in [3.63, 3.8) is 0 Å². The van der Waals surface area contributed by atoms with Crippen molar-refractivity contribution >= 4 is 0 Å². The van der Waals surface area contributed by atoms with Crippen LogP contribution in [0.2, 0.25) is 0 Å². The minimum atomic E-state index is 0.588. The van der Waals surface area contributed by atoms with Crippen LogP contribution < -0.4 is 5.32 Å². The second-order valence-corrected chi connectivity index (χ2v) is 5.74. The molecule has 0 aliphatic rings. The lowest BCUT2D eigenvalue weighted by molar-refractivity contribution is 0.371. The summed E-state index contributed by atoms with van der Waals surface area (Å²) in [5.41, 5.74) is 5.78. The third-order valence-corrected chi connectivity index (χ3v) is 4.07. The van der Waals surface area contributed by atoms with Crippen LogP contribution in [0.4, 0.5) is 0 Å². The Bertz CT molecular complexity index is 358. The highest BCUT2D eigenvalue weighted by molar-refractivity contribution is 5.38. The van der Waals surface area contributed by atoms with Crippen LogP contribution in [-0.4, -0.2) is 13.1 Å². The van der Waals surface area contributed by atoms with Crippen molar-refractivity contribution < 1.29 is 0 Å². The van der Waals surface area contributed by atoms with Gasteiger partial charge in [-0.25, -0.2) is 0 Å². The number of hydrogen-bond donors (Lipinski definition) is 1. The number of benzene rings is 1. The summed E-state index contributed by atoms with van der Waals surface area (Å²) in [6, 6.07) is 5.20. The second-order valence-electron chi connectivity index (χ2n) is 5.74. The van der Waals surface area contributed by atoms with E-state index in [0.29, 0.717) is 6.04 Å². The maximum Gasteiger partial charge on any atom is 0.0130 e. The summed E-state index contributed by atoms with van der Waals surface area (Å²) in [4.78, 5) is 0. The van der Waals surface area contributed by atoms with Gasteiger partial charge in [0.1, 0.15) is 0 Å². The summed E-state index contributed by atoms with van der Waals surface area (Å²) in [5.74, 6) is 0.736. The van der Waals surface area contributed by atoms with Gasteiger partial charge in [-0.05, 0) is 63.3 Å². The second kappa shape index (κ2) is 6.94. The molecule has 1 rings (SSSR count). The molecule has 0 spiro atoms. The fraction of sp³-hybridized carbons (Fsp3) is 0.647. The van der Waals surface area contributed by atoms with Gasteiger partial charge in [0.15, 0.2) is 0 Å². The first kappa shape index (κ1) is 15.2. The first-order valence-electron chi connectivity index (χ1n) is 7.23. The maximum absolute atomic E-state index is 3.50. The zero-order valence-corrected chi connectivity index (χ0v) is 12.9. The normalized spacial score (nSPS) is 14.6. The van der Waals surface area contributed by atoms with Gasteiger partial charge >= 0.3 is 0 Å². The number of aryl methyl sites for hydroxylation is 3. The number of rotatable bonds is 6. The van der Waals surface area contributed by atoms with Crippen LogP contribution in [0.5, 0.6) is 0 Å². The number of likely N-dealkylation sites (N-methyl/N-ethyl adjacent to an activating group) is 1. The molecule has 2 atom stereocenters. The molecule has 1 heteroatoms. The molecule has 0 amide bonds. The van der Waals surface area contributed by atoms with Crippen LogP contribution in [-0.2, 0) is 6.42 Å². The van der Waals surface area contributed by atoms with Crippen LogP contribution in [0.15, 0.2) is 12.1 Å². The monoisotopic (exact) mass is 247 g/mol. The Morgan fingerprint density at radius 2 is 1.67 bits per heavy atom. The number of hydrogen-bond acceptors (Lipinski definition) is 1. The summed E-state index contributed by atoms with van der Waals surface area (Å²) in [6.07, 6.45) is 3.72. The Labute approximate surface area is 113 Å². The summed E-state index contributed by atoms with van der Waals surface area (Å²) in [7, 11) is 2.09. The van der Waals surface area contributed by atoms with E-state index >= 15 is 0 Å². The van der Waals surface area contributed by atoms with E-state index in [0.717, 1.165) is 12.3 Å². The molecule has 0 heterocycles. The fourth-order valence-electron chi connectivity index (χ4n) is 3.00. The minimum Gasteiger partial charge on any atom is -0.316 e. The van der Waals surface area contributed by atoms with E-state index < -0.39 is 0 Å². The molecule has 0 bridgehead atoms.